The standard InChI is InChI=1S/C46H25N3O/c1-2-12-26(13-3-1)45-29-14-4-7-21-36(29)47-46(48-45)49-37-22-8-5-15-30(37)43-32-19-10-17-27-28-18-11-20-33-42(28)35(34(41(27)32)24-38(43)49)25-40-44(33)31-16-6-9-23-39(31)50-40/h1-25H. The summed E-state index contributed by atoms with van der Waals surface area (Å²) < 4.78 is 8.82. The zero-order valence-electron chi connectivity index (χ0n) is 26.7. The molecule has 50 heavy (non-hydrogen) atoms. The van der Waals surface area contributed by atoms with Gasteiger partial charge in [0.25, 0.3) is 0 Å². The minimum Gasteiger partial charge on any atom is -0.456 e. The van der Waals surface area contributed by atoms with E-state index < -0.39 is 0 Å². The van der Waals surface area contributed by atoms with E-state index in [0.717, 1.165) is 49.7 Å². The largest absolute Gasteiger partial charge is 0.456 e. The Bertz CT molecular complexity index is 3370. The SMILES string of the molecule is c1ccc(-c2nc(-n3c4ccccc4c4c5cccc6c7cccc8c9c(cc(c(cc43)c65)c78)oc3ccccc39)nc3ccccc23)cc1. The van der Waals surface area contributed by atoms with Crippen LogP contribution in [0.15, 0.2) is 156 Å². The fraction of sp³-hybridized carbons (Fsp3) is 0. The van der Waals surface area contributed by atoms with Gasteiger partial charge in [-0.1, -0.05) is 121 Å². The van der Waals surface area contributed by atoms with Gasteiger partial charge in [0, 0.05) is 32.5 Å². The van der Waals surface area contributed by atoms with Crippen molar-refractivity contribution >= 4 is 97.7 Å². The van der Waals surface area contributed by atoms with Crippen LogP contribution in [0.2, 0.25) is 0 Å². The second kappa shape index (κ2) is 9.43. The molecule has 4 heteroatoms. The first-order chi connectivity index (χ1) is 24.8. The van der Waals surface area contributed by atoms with E-state index >= 15 is 0 Å². The highest BCUT2D eigenvalue weighted by molar-refractivity contribution is 6.41. The molecule has 0 fully saturated rings. The molecular formula is C46H25N3O. The molecule has 0 aliphatic heterocycles. The summed E-state index contributed by atoms with van der Waals surface area (Å²) in [5.74, 6) is 0.658. The van der Waals surface area contributed by atoms with Crippen molar-refractivity contribution in [2.45, 2.75) is 0 Å². The summed E-state index contributed by atoms with van der Waals surface area (Å²) in [5, 5.41) is 15.6. The predicted molar refractivity (Wildman–Crippen MR) is 208 cm³/mol. The highest BCUT2D eigenvalue weighted by Gasteiger charge is 2.23. The summed E-state index contributed by atoms with van der Waals surface area (Å²) in [7, 11) is 0. The van der Waals surface area contributed by atoms with Gasteiger partial charge >= 0.3 is 0 Å². The highest BCUT2D eigenvalue weighted by atomic mass is 16.3. The van der Waals surface area contributed by atoms with Crippen LogP contribution in [0.5, 0.6) is 0 Å². The third-order valence-corrected chi connectivity index (χ3v) is 10.7. The third kappa shape index (κ3) is 3.30. The molecule has 0 saturated heterocycles. The zero-order chi connectivity index (χ0) is 32.5. The molecule has 12 rings (SSSR count). The molecule has 0 spiro atoms. The average molecular weight is 636 g/mol. The van der Waals surface area contributed by atoms with Gasteiger partial charge < -0.3 is 4.42 Å². The topological polar surface area (TPSA) is 43.9 Å². The van der Waals surface area contributed by atoms with E-state index in [4.69, 9.17) is 14.4 Å². The number of benzene rings is 9. The van der Waals surface area contributed by atoms with Crippen molar-refractivity contribution in [3.63, 3.8) is 0 Å². The lowest BCUT2D eigenvalue weighted by Crippen LogP contribution is -2.03. The monoisotopic (exact) mass is 635 g/mol. The number of hydrogen-bond acceptors (Lipinski definition) is 3. The van der Waals surface area contributed by atoms with E-state index in [2.05, 4.69) is 144 Å². The summed E-state index contributed by atoms with van der Waals surface area (Å²) in [4.78, 5) is 10.6. The number of aromatic nitrogens is 3. The van der Waals surface area contributed by atoms with Crippen molar-refractivity contribution in [2.24, 2.45) is 0 Å². The first kappa shape index (κ1) is 26.2. The van der Waals surface area contributed by atoms with Gasteiger partial charge in [-0.15, -0.1) is 0 Å². The molecule has 4 nitrogen and oxygen atoms in total. The Kier molecular flexibility index (Phi) is 4.94. The Balaban J connectivity index is 1.30. The van der Waals surface area contributed by atoms with Gasteiger partial charge in [0.05, 0.1) is 22.2 Å². The molecule has 9 aromatic carbocycles. The van der Waals surface area contributed by atoms with Crippen LogP contribution in [-0.4, -0.2) is 14.5 Å². The number of fused-ring (bicyclic) bond motifs is 11. The van der Waals surface area contributed by atoms with Crippen molar-refractivity contribution in [1.29, 1.82) is 0 Å². The molecule has 0 unspecified atom stereocenters. The van der Waals surface area contributed by atoms with E-state index in [1.165, 1.54) is 59.2 Å². The lowest BCUT2D eigenvalue weighted by Gasteiger charge is -2.16. The van der Waals surface area contributed by atoms with Gasteiger partial charge in [-0.2, -0.15) is 0 Å². The number of para-hydroxylation sites is 3. The van der Waals surface area contributed by atoms with Gasteiger partial charge in [0.1, 0.15) is 11.2 Å². The van der Waals surface area contributed by atoms with Crippen molar-refractivity contribution in [1.82, 2.24) is 14.5 Å². The normalized spacial score (nSPS) is 12.4. The fourth-order valence-electron chi connectivity index (χ4n) is 8.71. The summed E-state index contributed by atoms with van der Waals surface area (Å²) in [6.07, 6.45) is 0. The van der Waals surface area contributed by atoms with Crippen LogP contribution in [-0.2, 0) is 0 Å². The average Bonchev–Trinajstić information content (AvgIpc) is 3.72. The molecule has 12 aromatic rings. The van der Waals surface area contributed by atoms with Gasteiger partial charge in [-0.3, -0.25) is 4.57 Å². The smallest absolute Gasteiger partial charge is 0.235 e. The van der Waals surface area contributed by atoms with Crippen LogP contribution >= 0.6 is 0 Å². The van der Waals surface area contributed by atoms with Crippen LogP contribution < -0.4 is 0 Å². The minimum absolute atomic E-state index is 0.658. The molecule has 0 aliphatic rings. The van der Waals surface area contributed by atoms with Crippen molar-refractivity contribution in [3.05, 3.63) is 152 Å². The second-order valence-corrected chi connectivity index (χ2v) is 13.3. The maximum atomic E-state index is 6.55. The van der Waals surface area contributed by atoms with E-state index in [-0.39, 0.29) is 0 Å². The fourth-order valence-corrected chi connectivity index (χ4v) is 8.71. The van der Waals surface area contributed by atoms with E-state index in [0.29, 0.717) is 5.95 Å². The first-order valence-electron chi connectivity index (χ1n) is 17.0. The van der Waals surface area contributed by atoms with E-state index in [9.17, 15) is 0 Å². The van der Waals surface area contributed by atoms with Crippen molar-refractivity contribution in [3.8, 4) is 17.2 Å². The molecule has 0 radical (unpaired) electrons. The second-order valence-electron chi connectivity index (χ2n) is 13.3. The summed E-state index contributed by atoms with van der Waals surface area (Å²) in [6, 6.07) is 53.9. The van der Waals surface area contributed by atoms with Gasteiger partial charge in [0.15, 0.2) is 0 Å². The zero-order valence-corrected chi connectivity index (χ0v) is 26.7. The van der Waals surface area contributed by atoms with E-state index in [1.807, 2.05) is 12.1 Å². The van der Waals surface area contributed by atoms with Crippen LogP contribution in [0.4, 0.5) is 0 Å². The molecule has 3 heterocycles. The highest BCUT2D eigenvalue weighted by Crippen LogP contribution is 2.48. The number of rotatable bonds is 2. The molecule has 0 amide bonds. The first-order valence-corrected chi connectivity index (χ1v) is 17.0. The summed E-state index contributed by atoms with van der Waals surface area (Å²) in [6.45, 7) is 0. The van der Waals surface area contributed by atoms with Crippen LogP contribution in [0.25, 0.3) is 115 Å². The molecule has 0 N–H and O–H groups in total. The summed E-state index contributed by atoms with van der Waals surface area (Å²) >= 11 is 0. The Morgan fingerprint density at radius 3 is 1.82 bits per heavy atom. The van der Waals surface area contributed by atoms with E-state index in [1.54, 1.807) is 0 Å². The number of hydrogen-bond donors (Lipinski definition) is 0. The van der Waals surface area contributed by atoms with Crippen LogP contribution in [0, 0.1) is 0 Å². The Morgan fingerprint density at radius 1 is 0.380 bits per heavy atom. The van der Waals surface area contributed by atoms with Gasteiger partial charge in [0.2, 0.25) is 5.95 Å². The number of nitrogens with zero attached hydrogens (tertiary/aromatic N) is 3. The molecule has 230 valence electrons. The number of furan rings is 1. The predicted octanol–water partition coefficient (Wildman–Crippen LogP) is 12.3. The minimum atomic E-state index is 0.658. The molecular weight excluding hydrogens is 611 g/mol. The van der Waals surface area contributed by atoms with Gasteiger partial charge in [-0.05, 0) is 73.4 Å². The van der Waals surface area contributed by atoms with Gasteiger partial charge in [-0.25, -0.2) is 9.97 Å². The molecule has 0 bridgehead atoms. The quantitative estimate of drug-likeness (QED) is 0.140. The lowest BCUT2D eigenvalue weighted by molar-refractivity contribution is 0.669. The Hall–Kier alpha value is -6.78. The lowest BCUT2D eigenvalue weighted by atomic mass is 9.87. The maximum Gasteiger partial charge on any atom is 0.235 e. The summed E-state index contributed by atoms with van der Waals surface area (Å²) in [5.41, 5.74) is 6.88. The molecule has 0 aliphatic carbocycles. The maximum absolute atomic E-state index is 6.55. The van der Waals surface area contributed by atoms with Crippen molar-refractivity contribution in [2.75, 3.05) is 0 Å². The van der Waals surface area contributed by atoms with Crippen molar-refractivity contribution < 1.29 is 4.42 Å². The molecule has 0 saturated carbocycles. The van der Waals surface area contributed by atoms with Crippen LogP contribution in [0.1, 0.15) is 0 Å². The third-order valence-electron chi connectivity index (χ3n) is 10.7. The Labute approximate surface area is 284 Å². The van der Waals surface area contributed by atoms with Crippen LogP contribution in [0.3, 0.4) is 0 Å². The molecule has 0 atom stereocenters. The molecule has 3 aromatic heterocycles. The Morgan fingerprint density at radius 2 is 1.00 bits per heavy atom.